The second kappa shape index (κ2) is 3.91. The van der Waals surface area contributed by atoms with Crippen LogP contribution < -0.4 is 5.73 Å². The van der Waals surface area contributed by atoms with Crippen LogP contribution in [0.3, 0.4) is 0 Å². The monoisotopic (exact) mass is 157 g/mol. The van der Waals surface area contributed by atoms with Crippen molar-refractivity contribution in [1.82, 2.24) is 0 Å². The molecule has 1 saturated carbocycles. The van der Waals surface area contributed by atoms with Crippen molar-refractivity contribution in [2.24, 2.45) is 11.7 Å². The van der Waals surface area contributed by atoms with Gasteiger partial charge in [0.25, 0.3) is 0 Å². The van der Waals surface area contributed by atoms with Gasteiger partial charge in [0.2, 0.25) is 0 Å². The minimum absolute atomic E-state index is 0.687. The van der Waals surface area contributed by atoms with Crippen LogP contribution in [-0.4, -0.2) is 4.99 Å². The summed E-state index contributed by atoms with van der Waals surface area (Å²) in [6.45, 7) is 0. The SMILES string of the molecule is NC(=S)CCC1CCCC1. The van der Waals surface area contributed by atoms with E-state index in [1.54, 1.807) is 0 Å². The van der Waals surface area contributed by atoms with E-state index in [2.05, 4.69) is 0 Å². The van der Waals surface area contributed by atoms with Gasteiger partial charge in [-0.2, -0.15) is 0 Å². The zero-order valence-corrected chi connectivity index (χ0v) is 7.12. The Bertz CT molecular complexity index is 116. The summed E-state index contributed by atoms with van der Waals surface area (Å²) in [4.78, 5) is 0.687. The Morgan fingerprint density at radius 3 is 2.50 bits per heavy atom. The Morgan fingerprint density at radius 2 is 2.00 bits per heavy atom. The maximum atomic E-state index is 5.40. The van der Waals surface area contributed by atoms with Crippen molar-refractivity contribution in [3.05, 3.63) is 0 Å². The average Bonchev–Trinajstić information content (AvgIpc) is 2.34. The normalized spacial score (nSPS) is 19.6. The van der Waals surface area contributed by atoms with E-state index in [0.29, 0.717) is 4.99 Å². The van der Waals surface area contributed by atoms with Crippen molar-refractivity contribution in [3.63, 3.8) is 0 Å². The van der Waals surface area contributed by atoms with Crippen molar-refractivity contribution < 1.29 is 0 Å². The predicted octanol–water partition coefficient (Wildman–Crippen LogP) is 2.24. The van der Waals surface area contributed by atoms with Crippen LogP contribution in [0.25, 0.3) is 0 Å². The summed E-state index contributed by atoms with van der Waals surface area (Å²) in [5.41, 5.74) is 5.40. The van der Waals surface area contributed by atoms with Crippen LogP contribution in [0.1, 0.15) is 38.5 Å². The highest BCUT2D eigenvalue weighted by atomic mass is 32.1. The predicted molar refractivity (Wildman–Crippen MR) is 48.0 cm³/mol. The van der Waals surface area contributed by atoms with Gasteiger partial charge in [-0.15, -0.1) is 0 Å². The molecule has 0 aromatic rings. The standard InChI is InChI=1S/C8H15NS/c9-8(10)6-5-7-3-1-2-4-7/h7H,1-6H2,(H2,9,10). The van der Waals surface area contributed by atoms with Gasteiger partial charge in [-0.25, -0.2) is 0 Å². The van der Waals surface area contributed by atoms with Crippen LogP contribution in [0, 0.1) is 5.92 Å². The molecule has 0 saturated heterocycles. The molecule has 1 nitrogen and oxygen atoms in total. The van der Waals surface area contributed by atoms with E-state index in [0.717, 1.165) is 12.3 Å². The third-order valence-electron chi connectivity index (χ3n) is 2.27. The van der Waals surface area contributed by atoms with Crippen molar-refractivity contribution >= 4 is 17.2 Å². The van der Waals surface area contributed by atoms with Gasteiger partial charge in [0, 0.05) is 0 Å². The van der Waals surface area contributed by atoms with Gasteiger partial charge in [0.1, 0.15) is 0 Å². The van der Waals surface area contributed by atoms with Crippen LogP contribution in [0.5, 0.6) is 0 Å². The van der Waals surface area contributed by atoms with Crippen molar-refractivity contribution in [3.8, 4) is 0 Å². The van der Waals surface area contributed by atoms with E-state index in [-0.39, 0.29) is 0 Å². The van der Waals surface area contributed by atoms with E-state index < -0.39 is 0 Å². The molecule has 0 unspecified atom stereocenters. The molecule has 0 aliphatic heterocycles. The molecule has 0 spiro atoms. The lowest BCUT2D eigenvalue weighted by Gasteiger charge is -2.05. The third kappa shape index (κ3) is 2.65. The Balaban J connectivity index is 2.07. The molecule has 0 bridgehead atoms. The summed E-state index contributed by atoms with van der Waals surface area (Å²) in [6.07, 6.45) is 7.84. The smallest absolute Gasteiger partial charge is 0.0727 e. The van der Waals surface area contributed by atoms with Gasteiger partial charge in [-0.05, 0) is 18.8 Å². The van der Waals surface area contributed by atoms with E-state index in [1.165, 1.54) is 32.1 Å². The average molecular weight is 157 g/mol. The molecular formula is C8H15NS. The molecule has 0 heterocycles. The molecular weight excluding hydrogens is 142 g/mol. The second-order valence-corrected chi connectivity index (χ2v) is 3.68. The number of hydrogen-bond donors (Lipinski definition) is 1. The van der Waals surface area contributed by atoms with Crippen LogP contribution in [-0.2, 0) is 0 Å². The topological polar surface area (TPSA) is 26.0 Å². The molecule has 0 aromatic heterocycles. The molecule has 0 radical (unpaired) electrons. The van der Waals surface area contributed by atoms with Gasteiger partial charge < -0.3 is 5.73 Å². The maximum Gasteiger partial charge on any atom is 0.0727 e. The summed E-state index contributed by atoms with van der Waals surface area (Å²) in [5.74, 6) is 0.932. The summed E-state index contributed by atoms with van der Waals surface area (Å²) >= 11 is 4.81. The molecule has 0 atom stereocenters. The third-order valence-corrected chi connectivity index (χ3v) is 2.48. The fourth-order valence-corrected chi connectivity index (χ4v) is 1.76. The Kier molecular flexibility index (Phi) is 3.13. The van der Waals surface area contributed by atoms with Crippen LogP contribution in [0.15, 0.2) is 0 Å². The molecule has 0 amide bonds. The Hall–Kier alpha value is -0.110. The zero-order chi connectivity index (χ0) is 7.40. The van der Waals surface area contributed by atoms with Crippen molar-refractivity contribution in [1.29, 1.82) is 0 Å². The van der Waals surface area contributed by atoms with Crippen molar-refractivity contribution in [2.45, 2.75) is 38.5 Å². The fourth-order valence-electron chi connectivity index (χ4n) is 1.65. The van der Waals surface area contributed by atoms with Gasteiger partial charge in [0.15, 0.2) is 0 Å². The van der Waals surface area contributed by atoms with Crippen molar-refractivity contribution in [2.75, 3.05) is 0 Å². The van der Waals surface area contributed by atoms with Crippen LogP contribution in [0.2, 0.25) is 0 Å². The number of hydrogen-bond acceptors (Lipinski definition) is 1. The van der Waals surface area contributed by atoms with E-state index in [9.17, 15) is 0 Å². The van der Waals surface area contributed by atoms with Gasteiger partial charge in [-0.3, -0.25) is 0 Å². The van der Waals surface area contributed by atoms with E-state index in [4.69, 9.17) is 18.0 Å². The van der Waals surface area contributed by atoms with Crippen LogP contribution >= 0.6 is 12.2 Å². The molecule has 0 aromatic carbocycles. The lowest BCUT2D eigenvalue weighted by molar-refractivity contribution is 0.515. The quantitative estimate of drug-likeness (QED) is 0.636. The van der Waals surface area contributed by atoms with E-state index in [1.807, 2.05) is 0 Å². The molecule has 10 heavy (non-hydrogen) atoms. The first kappa shape index (κ1) is 7.99. The van der Waals surface area contributed by atoms with Gasteiger partial charge in [-0.1, -0.05) is 37.9 Å². The minimum atomic E-state index is 0.687. The molecule has 1 rings (SSSR count). The maximum absolute atomic E-state index is 5.40. The largest absolute Gasteiger partial charge is 0.393 e. The zero-order valence-electron chi connectivity index (χ0n) is 6.31. The molecule has 2 N–H and O–H groups in total. The molecule has 58 valence electrons. The van der Waals surface area contributed by atoms with Crippen LogP contribution in [0.4, 0.5) is 0 Å². The highest BCUT2D eigenvalue weighted by Gasteiger charge is 2.14. The van der Waals surface area contributed by atoms with E-state index >= 15 is 0 Å². The Morgan fingerprint density at radius 1 is 1.40 bits per heavy atom. The number of thiocarbonyl (C=S) groups is 1. The number of nitrogens with two attached hydrogens (primary N) is 1. The minimum Gasteiger partial charge on any atom is -0.393 e. The summed E-state index contributed by atoms with van der Waals surface area (Å²) in [6, 6.07) is 0. The first-order valence-corrected chi connectivity index (χ1v) is 4.48. The lowest BCUT2D eigenvalue weighted by Crippen LogP contribution is -2.09. The van der Waals surface area contributed by atoms with Gasteiger partial charge in [0.05, 0.1) is 4.99 Å². The highest BCUT2D eigenvalue weighted by Crippen LogP contribution is 2.28. The highest BCUT2D eigenvalue weighted by molar-refractivity contribution is 7.80. The first-order chi connectivity index (χ1) is 4.79. The summed E-state index contributed by atoms with van der Waals surface area (Å²) < 4.78 is 0. The second-order valence-electron chi connectivity index (χ2n) is 3.16. The first-order valence-electron chi connectivity index (χ1n) is 4.07. The summed E-state index contributed by atoms with van der Waals surface area (Å²) in [5, 5.41) is 0. The Labute approximate surface area is 68.0 Å². The lowest BCUT2D eigenvalue weighted by atomic mass is 10.0. The molecule has 2 heteroatoms. The molecule has 1 fully saturated rings. The number of rotatable bonds is 3. The summed E-state index contributed by atoms with van der Waals surface area (Å²) in [7, 11) is 0. The fraction of sp³-hybridized carbons (Fsp3) is 0.875. The molecule has 1 aliphatic carbocycles. The molecule has 1 aliphatic rings. The van der Waals surface area contributed by atoms with Gasteiger partial charge >= 0.3 is 0 Å².